The van der Waals surface area contributed by atoms with E-state index in [1.807, 2.05) is 0 Å². The first-order chi connectivity index (χ1) is 16.0. The molecule has 5 heteroatoms. The summed E-state index contributed by atoms with van der Waals surface area (Å²) in [7, 11) is 0. The van der Waals surface area contributed by atoms with Crippen LogP contribution in [0.4, 0.5) is 0 Å². The van der Waals surface area contributed by atoms with Gasteiger partial charge in [0.25, 0.3) is 0 Å². The summed E-state index contributed by atoms with van der Waals surface area (Å²) >= 11 is 0. The first-order valence-electron chi connectivity index (χ1n) is 11.1. The van der Waals surface area contributed by atoms with Crippen LogP contribution < -0.4 is 5.73 Å². The van der Waals surface area contributed by atoms with Crippen LogP contribution in [-0.4, -0.2) is 28.7 Å². The predicted molar refractivity (Wildman–Crippen MR) is 129 cm³/mol. The van der Waals surface area contributed by atoms with Crippen LogP contribution in [0.2, 0.25) is 0 Å². The zero-order chi connectivity index (χ0) is 23.6. The molecule has 1 aliphatic carbocycles. The summed E-state index contributed by atoms with van der Waals surface area (Å²) < 4.78 is 0. The molecule has 170 valence electrons. The second-order valence-electron chi connectivity index (χ2n) is 8.05. The van der Waals surface area contributed by atoms with Crippen LogP contribution in [-0.2, 0) is 28.9 Å². The number of aryl methyl sites for hydroxylation is 2. The zero-order valence-electron chi connectivity index (χ0n) is 18.5. The molecular weight excluding hydrogens is 414 g/mol. The minimum absolute atomic E-state index is 0.346. The quantitative estimate of drug-likeness (QED) is 0.465. The van der Waals surface area contributed by atoms with Crippen LogP contribution in [0, 0.1) is 0 Å². The summed E-state index contributed by atoms with van der Waals surface area (Å²) in [5.41, 5.74) is 14.7. The molecule has 1 aliphatic rings. The van der Waals surface area contributed by atoms with Crippen LogP contribution in [0.25, 0.3) is 0 Å². The van der Waals surface area contributed by atoms with Crippen molar-refractivity contribution >= 4 is 11.9 Å². The summed E-state index contributed by atoms with van der Waals surface area (Å²) in [6.07, 6.45) is 5.63. The number of carbonyl (C=O) groups is 2. The molecule has 0 spiro atoms. The second-order valence-corrected chi connectivity index (χ2v) is 8.05. The maximum absolute atomic E-state index is 9.55. The van der Waals surface area contributed by atoms with Crippen LogP contribution in [0.5, 0.6) is 0 Å². The number of carboxylic acids is 2. The van der Waals surface area contributed by atoms with E-state index in [1.165, 1.54) is 39.8 Å². The molecule has 3 aromatic rings. The lowest BCUT2D eigenvalue weighted by Gasteiger charge is -2.28. The first-order valence-corrected chi connectivity index (χ1v) is 11.1. The topological polar surface area (TPSA) is 101 Å². The Hall–Kier alpha value is -3.70. The number of hydrogen-bond acceptors (Lipinski definition) is 3. The van der Waals surface area contributed by atoms with Crippen LogP contribution in [0.3, 0.4) is 0 Å². The third-order valence-electron chi connectivity index (χ3n) is 5.77. The Labute approximate surface area is 194 Å². The maximum Gasteiger partial charge on any atom is 0.328 e. The van der Waals surface area contributed by atoms with E-state index in [0.29, 0.717) is 24.6 Å². The normalized spacial score (nSPS) is 14.0. The van der Waals surface area contributed by atoms with Gasteiger partial charge >= 0.3 is 11.9 Å². The number of aliphatic carboxylic acids is 2. The molecule has 0 saturated heterocycles. The van der Waals surface area contributed by atoms with Crippen molar-refractivity contribution in [3.05, 3.63) is 118 Å². The van der Waals surface area contributed by atoms with Gasteiger partial charge in [-0.2, -0.15) is 0 Å². The largest absolute Gasteiger partial charge is 0.478 e. The average Bonchev–Trinajstić information content (AvgIpc) is 2.82. The van der Waals surface area contributed by atoms with E-state index in [4.69, 9.17) is 15.9 Å². The smallest absolute Gasteiger partial charge is 0.328 e. The summed E-state index contributed by atoms with van der Waals surface area (Å²) in [6, 6.07) is 26.6. The van der Waals surface area contributed by atoms with Gasteiger partial charge in [-0.1, -0.05) is 72.8 Å². The average molecular weight is 444 g/mol. The standard InChI is InChI=1S/C24H25N.C4H4O4/c25-17-24-22-12-5-4-11-20(22)16-21-15-19(13-14-23(21)24)10-6-9-18-7-2-1-3-8-18;5-3(6)1-2-4(7)8/h1-5,7-8,11-15,24H,6,9-10,16-17,25H2;1-2H,(H,5,6)(H,7,8)/b;2-1+. The third-order valence-corrected chi connectivity index (χ3v) is 5.77. The predicted octanol–water partition coefficient (Wildman–Crippen LogP) is 4.57. The molecule has 0 aliphatic heterocycles. The van der Waals surface area contributed by atoms with E-state index in [1.54, 1.807) is 0 Å². The number of fused-ring (bicyclic) bond motifs is 2. The highest BCUT2D eigenvalue weighted by Gasteiger charge is 2.24. The maximum atomic E-state index is 9.55. The molecule has 1 atom stereocenters. The summed E-state index contributed by atoms with van der Waals surface area (Å²) in [6.45, 7) is 0.678. The summed E-state index contributed by atoms with van der Waals surface area (Å²) in [5, 5.41) is 15.6. The second kappa shape index (κ2) is 11.8. The molecule has 4 rings (SSSR count). The molecule has 3 aromatic carbocycles. The van der Waals surface area contributed by atoms with Gasteiger partial charge < -0.3 is 15.9 Å². The zero-order valence-corrected chi connectivity index (χ0v) is 18.5. The molecule has 0 bridgehead atoms. The fourth-order valence-corrected chi connectivity index (χ4v) is 4.25. The Bertz CT molecular complexity index is 1110. The highest BCUT2D eigenvalue weighted by atomic mass is 16.4. The molecule has 1 unspecified atom stereocenters. The van der Waals surface area contributed by atoms with Gasteiger partial charge in [0, 0.05) is 24.6 Å². The SMILES string of the molecule is NCC1c2ccccc2Cc2cc(CCCc3ccccc3)ccc21.O=C(O)/C=C/C(=O)O. The Morgan fingerprint density at radius 3 is 2.06 bits per heavy atom. The van der Waals surface area contributed by atoms with E-state index in [-0.39, 0.29) is 0 Å². The van der Waals surface area contributed by atoms with Crippen LogP contribution in [0.15, 0.2) is 84.9 Å². The first kappa shape index (κ1) is 24.0. The lowest BCUT2D eigenvalue weighted by Crippen LogP contribution is -2.21. The molecule has 0 amide bonds. The van der Waals surface area contributed by atoms with Gasteiger partial charge in [-0.15, -0.1) is 0 Å². The number of rotatable bonds is 7. The Balaban J connectivity index is 0.000000331. The van der Waals surface area contributed by atoms with Crippen molar-refractivity contribution in [2.75, 3.05) is 6.54 Å². The van der Waals surface area contributed by atoms with E-state index in [0.717, 1.165) is 19.3 Å². The van der Waals surface area contributed by atoms with E-state index in [9.17, 15) is 9.59 Å². The van der Waals surface area contributed by atoms with E-state index >= 15 is 0 Å². The van der Waals surface area contributed by atoms with Crippen molar-refractivity contribution < 1.29 is 19.8 Å². The third kappa shape index (κ3) is 6.89. The Kier molecular flexibility index (Phi) is 8.56. The molecular formula is C28H29NO4. The van der Waals surface area contributed by atoms with Gasteiger partial charge in [-0.3, -0.25) is 0 Å². The molecule has 4 N–H and O–H groups in total. The number of nitrogens with two attached hydrogens (primary N) is 1. The van der Waals surface area contributed by atoms with Gasteiger partial charge in [0.05, 0.1) is 0 Å². The summed E-state index contributed by atoms with van der Waals surface area (Å²) in [4.78, 5) is 19.1. The minimum atomic E-state index is -1.26. The summed E-state index contributed by atoms with van der Waals surface area (Å²) in [5.74, 6) is -2.17. The van der Waals surface area contributed by atoms with Crippen molar-refractivity contribution in [1.82, 2.24) is 0 Å². The molecule has 33 heavy (non-hydrogen) atoms. The van der Waals surface area contributed by atoms with Crippen molar-refractivity contribution in [2.24, 2.45) is 5.73 Å². The van der Waals surface area contributed by atoms with Crippen molar-refractivity contribution in [3.63, 3.8) is 0 Å². The lowest BCUT2D eigenvalue weighted by atomic mass is 9.77. The van der Waals surface area contributed by atoms with Gasteiger partial charge in [0.2, 0.25) is 0 Å². The van der Waals surface area contributed by atoms with Gasteiger partial charge in [0.15, 0.2) is 0 Å². The molecule has 0 aromatic heterocycles. The van der Waals surface area contributed by atoms with Crippen molar-refractivity contribution in [3.8, 4) is 0 Å². The molecule has 0 heterocycles. The highest BCUT2D eigenvalue weighted by Crippen LogP contribution is 2.36. The number of carboxylic acid groups (broad SMARTS) is 2. The number of benzene rings is 3. The van der Waals surface area contributed by atoms with Gasteiger partial charge in [0.1, 0.15) is 0 Å². The van der Waals surface area contributed by atoms with Crippen LogP contribution in [0.1, 0.15) is 45.7 Å². The van der Waals surface area contributed by atoms with Gasteiger partial charge in [-0.05, 0) is 59.1 Å². The molecule has 0 fully saturated rings. The fraction of sp³-hybridized carbons (Fsp3) is 0.214. The Morgan fingerprint density at radius 2 is 1.39 bits per heavy atom. The van der Waals surface area contributed by atoms with Crippen LogP contribution >= 0.6 is 0 Å². The molecule has 5 nitrogen and oxygen atoms in total. The lowest BCUT2D eigenvalue weighted by molar-refractivity contribution is -0.134. The van der Waals surface area contributed by atoms with Crippen molar-refractivity contribution in [1.29, 1.82) is 0 Å². The monoisotopic (exact) mass is 443 g/mol. The fourth-order valence-electron chi connectivity index (χ4n) is 4.25. The Morgan fingerprint density at radius 1 is 0.788 bits per heavy atom. The minimum Gasteiger partial charge on any atom is -0.478 e. The number of hydrogen-bond donors (Lipinski definition) is 3. The van der Waals surface area contributed by atoms with E-state index < -0.39 is 11.9 Å². The highest BCUT2D eigenvalue weighted by molar-refractivity contribution is 5.89. The van der Waals surface area contributed by atoms with E-state index in [2.05, 4.69) is 72.8 Å². The van der Waals surface area contributed by atoms with Gasteiger partial charge in [-0.25, -0.2) is 9.59 Å². The molecule has 0 saturated carbocycles. The molecule has 0 radical (unpaired) electrons. The van der Waals surface area contributed by atoms with Crippen molar-refractivity contribution in [2.45, 2.75) is 31.6 Å².